The Balaban J connectivity index is 1.47. The molecule has 1 heterocycles. The van der Waals surface area contributed by atoms with Gasteiger partial charge in [-0.2, -0.15) is 0 Å². The van der Waals surface area contributed by atoms with E-state index in [0.29, 0.717) is 19.4 Å². The first kappa shape index (κ1) is 51.7. The average Bonchev–Trinajstić information content (AvgIpc) is 3.25. The Kier molecular flexibility index (Phi) is 20.7. The molecule has 2 amide bonds. The van der Waals surface area contributed by atoms with Gasteiger partial charge >= 0.3 is 0 Å². The molecule has 0 saturated heterocycles. The molecule has 23 heteroatoms. The van der Waals surface area contributed by atoms with Gasteiger partial charge < -0.3 is 83.4 Å². The molecule has 9 atom stereocenters. The molecule has 0 aliphatic carbocycles. The largest absolute Gasteiger partial charge is 0.633 e. The number of benzene rings is 2. The molecule has 22 nitrogen and oxygen atoms in total. The summed E-state index contributed by atoms with van der Waals surface area (Å²) < 4.78 is -1.59. The van der Waals surface area contributed by atoms with Crippen LogP contribution in [0.2, 0.25) is 5.15 Å². The maximum Gasteiger partial charge on any atom is 0.280 e. The van der Waals surface area contributed by atoms with Crippen molar-refractivity contribution in [3.05, 3.63) is 75.7 Å². The fourth-order valence-corrected chi connectivity index (χ4v) is 6.35. The van der Waals surface area contributed by atoms with Crippen LogP contribution < -0.4 is 27.8 Å². The molecular weight excluding hydrogens is 838 g/mol. The maximum absolute atomic E-state index is 13.8. The van der Waals surface area contributed by atoms with Gasteiger partial charge in [-0.05, 0) is 47.9 Å². The number of aliphatic hydroxyl groups is 10. The first-order chi connectivity index (χ1) is 29.3. The summed E-state index contributed by atoms with van der Waals surface area (Å²) in [7, 11) is 0. The van der Waals surface area contributed by atoms with Gasteiger partial charge in [0, 0.05) is 13.0 Å². The van der Waals surface area contributed by atoms with Crippen molar-refractivity contribution in [1.29, 1.82) is 0 Å². The number of quaternary nitrogens is 1. The van der Waals surface area contributed by atoms with Gasteiger partial charge in [0.15, 0.2) is 28.4 Å². The molecule has 5 unspecified atom stereocenters. The summed E-state index contributed by atoms with van der Waals surface area (Å²) in [5.41, 5.74) is 20.7. The third-order valence-corrected chi connectivity index (χ3v) is 10.2. The number of rotatable bonds is 25. The van der Waals surface area contributed by atoms with Crippen LogP contribution in [-0.2, 0) is 17.6 Å². The first-order valence-corrected chi connectivity index (χ1v) is 20.0. The number of aromatic nitrogens is 2. The molecule has 0 aliphatic heterocycles. The molecule has 3 rings (SSSR count). The number of halogens is 1. The zero-order valence-electron chi connectivity index (χ0n) is 33.8. The van der Waals surface area contributed by atoms with Crippen LogP contribution in [-0.4, -0.2) is 178 Å². The number of nitrogens with two attached hydrogens (primary N) is 3. The van der Waals surface area contributed by atoms with Crippen LogP contribution in [0.15, 0.2) is 53.5 Å². The van der Waals surface area contributed by atoms with Gasteiger partial charge in [-0.25, -0.2) is 9.97 Å². The fourth-order valence-electron chi connectivity index (χ4n) is 6.22. The van der Waals surface area contributed by atoms with Crippen molar-refractivity contribution < 1.29 is 65.3 Å². The number of aliphatic imine (C=N–C) groups is 1. The number of nitrogen functional groups attached to an aromatic ring is 2. The standard InChI is InChI=1S/C39H58ClN9O13/c40-35-37(42)47-36(41)30(46-35)38(61)48-39(43)45-14-2-1-3-21-4-9-23(10-5-21)24-11-6-22(7-12-24)8-13-29(56)44-15-16-49(62,17-25(52)31(57)33(59)27(54)19-50)18-26(53)32(58)34(60)28(55)20-51/h4-7,9-12,25-28,31-34,50-55,57-60H,1-3,8,13-20H2,(H,44,56)(H4,41,42,47)(H3,43,45,48,61)/t25-,26?,27+,28?,31+,32?,33+,34?,49?/m0/s1. The summed E-state index contributed by atoms with van der Waals surface area (Å²) >= 11 is 5.82. The van der Waals surface area contributed by atoms with E-state index < -0.39 is 98.1 Å². The van der Waals surface area contributed by atoms with E-state index in [1.807, 2.05) is 48.5 Å². The Hall–Kier alpha value is -4.66. The summed E-state index contributed by atoms with van der Waals surface area (Å²) in [6.45, 7) is -4.27. The second-order valence-corrected chi connectivity index (χ2v) is 15.2. The molecule has 0 radical (unpaired) electrons. The zero-order valence-corrected chi connectivity index (χ0v) is 34.6. The number of carbonyl (C=O) groups excluding carboxylic acids is 2. The number of unbranched alkanes of at least 4 members (excludes halogenated alkanes) is 1. The predicted molar refractivity (Wildman–Crippen MR) is 226 cm³/mol. The van der Waals surface area contributed by atoms with E-state index in [0.717, 1.165) is 35.1 Å². The minimum absolute atomic E-state index is 0.0296. The van der Waals surface area contributed by atoms with Gasteiger partial charge in [-0.1, -0.05) is 60.1 Å². The number of amides is 2. The number of nitrogens with zero attached hydrogens (tertiary/aromatic N) is 4. The third-order valence-electron chi connectivity index (χ3n) is 9.93. The molecule has 0 fully saturated rings. The lowest BCUT2D eigenvalue weighted by Gasteiger charge is -2.46. The molecule has 3 aromatic rings. The van der Waals surface area contributed by atoms with E-state index in [1.54, 1.807) is 0 Å². The van der Waals surface area contributed by atoms with E-state index in [2.05, 4.69) is 25.6 Å². The molecule has 0 saturated carbocycles. The summed E-state index contributed by atoms with van der Waals surface area (Å²) in [4.78, 5) is 36.8. The summed E-state index contributed by atoms with van der Waals surface area (Å²) in [6.07, 6.45) is -13.4. The highest BCUT2D eigenvalue weighted by atomic mass is 35.5. The van der Waals surface area contributed by atoms with Gasteiger partial charge in [0.2, 0.25) is 5.91 Å². The Morgan fingerprint density at radius 2 is 1.21 bits per heavy atom. The monoisotopic (exact) mass is 895 g/mol. The molecular formula is C39H58ClN9O13. The number of carbonyl (C=O) groups is 2. The Bertz CT molecular complexity index is 1870. The van der Waals surface area contributed by atoms with Crippen molar-refractivity contribution in [2.45, 2.75) is 80.9 Å². The predicted octanol–water partition coefficient (Wildman–Crippen LogP) is -3.74. The number of nitrogens with one attached hydrogen (secondary N) is 2. The van der Waals surface area contributed by atoms with Crippen LogP contribution in [0.1, 0.15) is 40.9 Å². The Labute approximate surface area is 362 Å². The van der Waals surface area contributed by atoms with Gasteiger partial charge in [0.25, 0.3) is 5.91 Å². The summed E-state index contributed by atoms with van der Waals surface area (Å²) in [5.74, 6) is -1.57. The SMILES string of the molecule is NC(=NCCCCc1ccc(-c2ccc(CCC(=O)NCC[N+]([O-])(CC(O)C(O)C(O)C(O)CO)C[C@H](O)[C@@H](O)[C@H](O)[C@H](O)CO)cc2)cc1)NC(=O)c1nc(Cl)c(N)nc1N. The average molecular weight is 896 g/mol. The van der Waals surface area contributed by atoms with Gasteiger partial charge in [-0.15, -0.1) is 0 Å². The minimum Gasteiger partial charge on any atom is -0.633 e. The minimum atomic E-state index is -2.12. The van der Waals surface area contributed by atoms with Crippen molar-refractivity contribution in [2.75, 3.05) is 57.4 Å². The quantitative estimate of drug-likeness (QED) is 0.0128. The second-order valence-electron chi connectivity index (χ2n) is 14.8. The van der Waals surface area contributed by atoms with Gasteiger partial charge in [0.05, 0.1) is 26.3 Å². The molecule has 0 aliphatic rings. The lowest BCUT2D eigenvalue weighted by Crippen LogP contribution is -2.60. The van der Waals surface area contributed by atoms with Crippen LogP contribution in [0.3, 0.4) is 0 Å². The van der Waals surface area contributed by atoms with Crippen LogP contribution >= 0.6 is 11.6 Å². The summed E-state index contributed by atoms with van der Waals surface area (Å²) in [5, 5.41) is 117. The van der Waals surface area contributed by atoms with E-state index in [4.69, 9.17) is 39.0 Å². The smallest absolute Gasteiger partial charge is 0.280 e. The fraction of sp³-hybridized carbons (Fsp3) is 0.513. The van der Waals surface area contributed by atoms with E-state index in [1.165, 1.54) is 0 Å². The highest BCUT2D eigenvalue weighted by molar-refractivity contribution is 6.31. The lowest BCUT2D eigenvalue weighted by molar-refractivity contribution is -0.886. The van der Waals surface area contributed by atoms with Crippen molar-refractivity contribution in [3.8, 4) is 11.1 Å². The van der Waals surface area contributed by atoms with Gasteiger partial charge in [-0.3, -0.25) is 19.9 Å². The molecule has 344 valence electrons. The topological polar surface area (TPSA) is 400 Å². The van der Waals surface area contributed by atoms with Crippen LogP contribution in [0.4, 0.5) is 11.6 Å². The van der Waals surface area contributed by atoms with E-state index in [-0.39, 0.29) is 41.4 Å². The van der Waals surface area contributed by atoms with Crippen LogP contribution in [0, 0.1) is 5.21 Å². The first-order valence-electron chi connectivity index (χ1n) is 19.7. The Morgan fingerprint density at radius 3 is 1.71 bits per heavy atom. The number of aliphatic hydroxyl groups excluding tert-OH is 10. The number of hydrogen-bond donors (Lipinski definition) is 15. The lowest BCUT2D eigenvalue weighted by atomic mass is 9.99. The number of hydrogen-bond acceptors (Lipinski definition) is 18. The van der Waals surface area contributed by atoms with Crippen LogP contribution in [0.25, 0.3) is 11.1 Å². The van der Waals surface area contributed by atoms with Crippen molar-refractivity contribution in [2.24, 2.45) is 10.7 Å². The van der Waals surface area contributed by atoms with Crippen molar-refractivity contribution >= 4 is 41.0 Å². The number of guanidine groups is 1. The zero-order chi connectivity index (χ0) is 46.1. The molecule has 62 heavy (non-hydrogen) atoms. The van der Waals surface area contributed by atoms with E-state index in [9.17, 15) is 55.6 Å². The van der Waals surface area contributed by atoms with Gasteiger partial charge in [0.1, 0.15) is 61.9 Å². The Morgan fingerprint density at radius 1 is 0.726 bits per heavy atom. The number of aryl methyl sites for hydroxylation is 2. The highest BCUT2D eigenvalue weighted by Crippen LogP contribution is 2.22. The molecule has 0 bridgehead atoms. The summed E-state index contributed by atoms with van der Waals surface area (Å²) in [6, 6.07) is 15.6. The maximum atomic E-state index is 13.8. The highest BCUT2D eigenvalue weighted by Gasteiger charge is 2.38. The van der Waals surface area contributed by atoms with Crippen molar-refractivity contribution in [1.82, 2.24) is 20.6 Å². The normalized spacial score (nSPS) is 16.9. The number of anilines is 2. The third kappa shape index (κ3) is 15.9. The molecule has 0 spiro atoms. The van der Waals surface area contributed by atoms with E-state index >= 15 is 0 Å². The molecule has 2 aromatic carbocycles. The number of hydroxylamine groups is 3. The second kappa shape index (κ2) is 24.8. The van der Waals surface area contributed by atoms with Crippen LogP contribution in [0.5, 0.6) is 0 Å². The molecule has 18 N–H and O–H groups in total. The van der Waals surface area contributed by atoms with Crippen molar-refractivity contribution in [3.63, 3.8) is 0 Å². The molecule has 1 aromatic heterocycles.